The van der Waals surface area contributed by atoms with Gasteiger partial charge in [0.25, 0.3) is 0 Å². The molecule has 0 heterocycles. The Labute approximate surface area is 239 Å². The van der Waals surface area contributed by atoms with Gasteiger partial charge in [-0.1, -0.05) is 60.7 Å². The van der Waals surface area contributed by atoms with E-state index in [1.165, 1.54) is 14.2 Å². The maximum Gasteiger partial charge on any atom is 0.408 e. The van der Waals surface area contributed by atoms with Gasteiger partial charge in [-0.15, -0.1) is 0 Å². The van der Waals surface area contributed by atoms with Gasteiger partial charge in [-0.2, -0.15) is 0 Å². The highest BCUT2D eigenvalue weighted by Gasteiger charge is 2.28. The summed E-state index contributed by atoms with van der Waals surface area (Å²) in [5.74, 6) is -0.209. The number of aliphatic hydroxyl groups excluding tert-OH is 1. The Morgan fingerprint density at radius 1 is 0.805 bits per heavy atom. The second kappa shape index (κ2) is 15.9. The first kappa shape index (κ1) is 31.0. The Kier molecular flexibility index (Phi) is 12.0. The van der Waals surface area contributed by atoms with Crippen LogP contribution in [0.3, 0.4) is 0 Å². The van der Waals surface area contributed by atoms with Gasteiger partial charge in [0.1, 0.15) is 36.9 Å². The average Bonchev–Trinajstić information content (AvgIpc) is 3.01. The molecule has 0 unspecified atom stereocenters. The van der Waals surface area contributed by atoms with E-state index in [0.717, 1.165) is 11.1 Å². The molecule has 0 bridgehead atoms. The van der Waals surface area contributed by atoms with Crippen LogP contribution < -0.4 is 20.1 Å². The highest BCUT2D eigenvalue weighted by atomic mass is 16.5. The number of methoxy groups -OCH3 is 2. The molecule has 3 aromatic rings. The van der Waals surface area contributed by atoms with Gasteiger partial charge in [-0.3, -0.25) is 9.59 Å². The summed E-state index contributed by atoms with van der Waals surface area (Å²) in [4.78, 5) is 38.3. The fourth-order valence-electron chi connectivity index (χ4n) is 3.99. The minimum absolute atomic E-state index is 0.00484. The number of benzene rings is 3. The number of aliphatic hydroxyl groups is 1. The summed E-state index contributed by atoms with van der Waals surface area (Å²) in [6.45, 7) is 1.71. The Bertz CT molecular complexity index is 1270. The molecule has 218 valence electrons. The van der Waals surface area contributed by atoms with E-state index in [1.54, 1.807) is 37.3 Å². The van der Waals surface area contributed by atoms with E-state index in [0.29, 0.717) is 17.1 Å². The molecule has 0 fully saturated rings. The van der Waals surface area contributed by atoms with E-state index >= 15 is 0 Å². The SMILES string of the molecule is COc1ccc(OC)c([C@H](O)[C@H](C)NC(=O)[C@H](CCC(=O)OCc2ccccc2)NC(=O)OCc2ccccc2)c1. The topological polar surface area (TPSA) is 132 Å². The molecular formula is C31H36N2O8. The summed E-state index contributed by atoms with van der Waals surface area (Å²) in [5.41, 5.74) is 2.02. The van der Waals surface area contributed by atoms with Crippen molar-refractivity contribution in [3.05, 3.63) is 95.6 Å². The van der Waals surface area contributed by atoms with Crippen LogP contribution in [0.2, 0.25) is 0 Å². The Hall–Kier alpha value is -4.57. The fourth-order valence-corrected chi connectivity index (χ4v) is 3.99. The molecule has 3 N–H and O–H groups in total. The highest BCUT2D eigenvalue weighted by molar-refractivity contribution is 5.86. The summed E-state index contributed by atoms with van der Waals surface area (Å²) in [7, 11) is 2.97. The number of carbonyl (C=O) groups excluding carboxylic acids is 3. The predicted molar refractivity (Wildman–Crippen MR) is 151 cm³/mol. The average molecular weight is 565 g/mol. The van der Waals surface area contributed by atoms with E-state index in [-0.39, 0.29) is 26.1 Å². The summed E-state index contributed by atoms with van der Waals surface area (Å²) >= 11 is 0. The lowest BCUT2D eigenvalue weighted by molar-refractivity contribution is -0.145. The number of rotatable bonds is 14. The predicted octanol–water partition coefficient (Wildman–Crippen LogP) is 4.06. The maximum atomic E-state index is 13.3. The normalized spacial score (nSPS) is 12.8. The molecule has 3 atom stereocenters. The number of alkyl carbamates (subject to hydrolysis) is 1. The fraction of sp³-hybridized carbons (Fsp3) is 0.323. The van der Waals surface area contributed by atoms with Crippen molar-refractivity contribution in [1.29, 1.82) is 0 Å². The number of hydrogen-bond acceptors (Lipinski definition) is 8. The molecule has 0 saturated heterocycles. The largest absolute Gasteiger partial charge is 0.497 e. The first-order valence-electron chi connectivity index (χ1n) is 13.2. The van der Waals surface area contributed by atoms with Crippen molar-refractivity contribution in [2.45, 2.75) is 51.2 Å². The number of amides is 2. The van der Waals surface area contributed by atoms with Crippen LogP contribution in [0.4, 0.5) is 4.79 Å². The summed E-state index contributed by atoms with van der Waals surface area (Å²) < 4.78 is 21.2. The Balaban J connectivity index is 1.65. The molecule has 0 aromatic heterocycles. The number of ether oxygens (including phenoxy) is 4. The third kappa shape index (κ3) is 9.84. The van der Waals surface area contributed by atoms with Gasteiger partial charge >= 0.3 is 12.1 Å². The van der Waals surface area contributed by atoms with E-state index in [2.05, 4.69) is 10.6 Å². The second-order valence-corrected chi connectivity index (χ2v) is 9.29. The van der Waals surface area contributed by atoms with Gasteiger partial charge in [0.15, 0.2) is 0 Å². The second-order valence-electron chi connectivity index (χ2n) is 9.29. The third-order valence-electron chi connectivity index (χ3n) is 6.30. The number of hydrogen-bond donors (Lipinski definition) is 3. The van der Waals surface area contributed by atoms with Crippen molar-refractivity contribution < 1.29 is 38.4 Å². The molecule has 41 heavy (non-hydrogen) atoms. The van der Waals surface area contributed by atoms with Crippen molar-refractivity contribution in [1.82, 2.24) is 10.6 Å². The van der Waals surface area contributed by atoms with Crippen LogP contribution >= 0.6 is 0 Å². The van der Waals surface area contributed by atoms with E-state index in [1.807, 2.05) is 48.5 Å². The molecule has 0 spiro atoms. The zero-order chi connectivity index (χ0) is 29.6. The summed E-state index contributed by atoms with van der Waals surface area (Å²) in [6, 6.07) is 21.3. The van der Waals surface area contributed by atoms with Crippen LogP contribution in [0.1, 0.15) is 42.6 Å². The van der Waals surface area contributed by atoms with Gasteiger partial charge in [-0.25, -0.2) is 4.79 Å². The molecule has 0 aliphatic carbocycles. The lowest BCUT2D eigenvalue weighted by Crippen LogP contribution is -2.50. The van der Waals surface area contributed by atoms with Crippen LogP contribution in [0.25, 0.3) is 0 Å². The molecule has 3 aromatic carbocycles. The first-order valence-corrected chi connectivity index (χ1v) is 13.2. The standard InChI is InChI=1S/C31H36N2O8/c1-21(29(35)25-18-24(38-2)14-16-27(25)39-3)32-30(36)26(33-31(37)41-20-23-12-8-5-9-13-23)15-17-28(34)40-19-22-10-6-4-7-11-22/h4-14,16,18,21,26,29,35H,15,17,19-20H2,1-3H3,(H,32,36)(H,33,37)/t21-,26-,29+/m0/s1. The quantitative estimate of drug-likeness (QED) is 0.250. The lowest BCUT2D eigenvalue weighted by atomic mass is 10.0. The zero-order valence-electron chi connectivity index (χ0n) is 23.4. The number of carbonyl (C=O) groups is 3. The third-order valence-corrected chi connectivity index (χ3v) is 6.30. The molecule has 10 heteroatoms. The van der Waals surface area contributed by atoms with Crippen LogP contribution in [0.5, 0.6) is 11.5 Å². The van der Waals surface area contributed by atoms with Gasteiger partial charge in [0.2, 0.25) is 5.91 Å². The monoisotopic (exact) mass is 564 g/mol. The Morgan fingerprint density at radius 2 is 1.41 bits per heavy atom. The van der Waals surface area contributed by atoms with Crippen LogP contribution in [-0.2, 0) is 32.3 Å². The molecule has 0 aliphatic heterocycles. The van der Waals surface area contributed by atoms with Crippen molar-refractivity contribution in [2.24, 2.45) is 0 Å². The van der Waals surface area contributed by atoms with Crippen molar-refractivity contribution in [3.63, 3.8) is 0 Å². The molecule has 0 saturated carbocycles. The van der Waals surface area contributed by atoms with E-state index < -0.39 is 36.2 Å². The molecule has 3 rings (SSSR count). The summed E-state index contributed by atoms with van der Waals surface area (Å²) in [5, 5.41) is 16.3. The molecule has 0 radical (unpaired) electrons. The van der Waals surface area contributed by atoms with E-state index in [9.17, 15) is 19.5 Å². The van der Waals surface area contributed by atoms with E-state index in [4.69, 9.17) is 18.9 Å². The maximum absolute atomic E-state index is 13.3. The van der Waals surface area contributed by atoms with Crippen LogP contribution in [-0.4, -0.2) is 49.4 Å². The smallest absolute Gasteiger partial charge is 0.408 e. The van der Waals surface area contributed by atoms with Crippen molar-refractivity contribution in [2.75, 3.05) is 14.2 Å². The van der Waals surface area contributed by atoms with Gasteiger partial charge in [-0.05, 0) is 42.7 Å². The number of esters is 1. The first-order chi connectivity index (χ1) is 19.8. The molecule has 10 nitrogen and oxygen atoms in total. The van der Waals surface area contributed by atoms with Gasteiger partial charge < -0.3 is 34.7 Å². The molecular weight excluding hydrogens is 528 g/mol. The zero-order valence-corrected chi connectivity index (χ0v) is 23.4. The molecule has 2 amide bonds. The number of nitrogens with one attached hydrogen (secondary N) is 2. The minimum Gasteiger partial charge on any atom is -0.497 e. The Morgan fingerprint density at radius 3 is 2.00 bits per heavy atom. The van der Waals surface area contributed by atoms with Crippen LogP contribution in [0, 0.1) is 0 Å². The highest BCUT2D eigenvalue weighted by Crippen LogP contribution is 2.31. The minimum atomic E-state index is -1.16. The molecule has 0 aliphatic rings. The lowest BCUT2D eigenvalue weighted by Gasteiger charge is -2.25. The van der Waals surface area contributed by atoms with Crippen molar-refractivity contribution >= 4 is 18.0 Å². The van der Waals surface area contributed by atoms with Gasteiger partial charge in [0, 0.05) is 12.0 Å². The van der Waals surface area contributed by atoms with Crippen LogP contribution in [0.15, 0.2) is 78.9 Å². The van der Waals surface area contributed by atoms with Gasteiger partial charge in [0.05, 0.1) is 20.3 Å². The van der Waals surface area contributed by atoms with Crippen molar-refractivity contribution in [3.8, 4) is 11.5 Å². The summed E-state index contributed by atoms with van der Waals surface area (Å²) in [6.07, 6.45) is -2.17.